The lowest BCUT2D eigenvalue weighted by Gasteiger charge is -2.38. The number of alkyl halides is 3. The topological polar surface area (TPSA) is 39.7 Å². The maximum atomic E-state index is 12.7. The predicted molar refractivity (Wildman–Crippen MR) is 100 cm³/mol. The summed E-state index contributed by atoms with van der Waals surface area (Å²) < 4.78 is 38.2. The van der Waals surface area contributed by atoms with Crippen molar-refractivity contribution in [3.63, 3.8) is 0 Å². The fourth-order valence-corrected chi connectivity index (χ4v) is 3.67. The number of piperazine rings is 1. The number of carbonyl (C=O) groups excluding carboxylic acids is 1. The Balaban J connectivity index is 1.96. The molecule has 1 saturated heterocycles. The lowest BCUT2D eigenvalue weighted by molar-refractivity contribution is -0.138. The minimum Gasteiger partial charge on any atom is -0.353 e. The van der Waals surface area contributed by atoms with Crippen molar-refractivity contribution in [3.8, 4) is 0 Å². The van der Waals surface area contributed by atoms with Crippen molar-refractivity contribution in [1.82, 2.24) is 14.8 Å². The number of amides is 1. The zero-order valence-corrected chi connectivity index (χ0v) is 16.8. The maximum absolute atomic E-state index is 12.7. The third-order valence-corrected chi connectivity index (χ3v) is 4.86. The lowest BCUT2D eigenvalue weighted by atomic mass is 10.2. The van der Waals surface area contributed by atoms with Crippen LogP contribution in [-0.4, -0.2) is 65.5 Å². The number of pyridine rings is 1. The summed E-state index contributed by atoms with van der Waals surface area (Å²) >= 11 is 6.02. The molecule has 152 valence electrons. The number of aromatic nitrogens is 1. The van der Waals surface area contributed by atoms with Crippen LogP contribution >= 0.6 is 11.6 Å². The van der Waals surface area contributed by atoms with E-state index in [2.05, 4.69) is 9.88 Å². The van der Waals surface area contributed by atoms with Crippen LogP contribution in [-0.2, 0) is 11.0 Å². The Labute approximate surface area is 163 Å². The van der Waals surface area contributed by atoms with Gasteiger partial charge in [-0.2, -0.15) is 13.2 Å². The van der Waals surface area contributed by atoms with Crippen LogP contribution in [0.15, 0.2) is 12.3 Å². The molecule has 9 heteroatoms. The van der Waals surface area contributed by atoms with Crippen LogP contribution in [0.5, 0.6) is 0 Å². The lowest BCUT2D eigenvalue weighted by Crippen LogP contribution is -2.52. The predicted octanol–water partition coefficient (Wildman–Crippen LogP) is 3.52. The molecule has 2 rings (SSSR count). The quantitative estimate of drug-likeness (QED) is 0.750. The molecule has 1 fully saturated rings. The molecule has 1 aliphatic rings. The highest BCUT2D eigenvalue weighted by Crippen LogP contribution is 2.33. The second kappa shape index (κ2) is 8.65. The fourth-order valence-electron chi connectivity index (χ4n) is 3.38. The third kappa shape index (κ3) is 5.48. The molecule has 0 radical (unpaired) electrons. The molecule has 1 aliphatic heterocycles. The highest BCUT2D eigenvalue weighted by atomic mass is 35.5. The van der Waals surface area contributed by atoms with Crippen molar-refractivity contribution in [2.45, 2.75) is 46.0 Å². The zero-order valence-electron chi connectivity index (χ0n) is 16.1. The molecule has 0 bridgehead atoms. The standard InChI is InChI=1S/C18H26ClF3N4O/c1-12(2)26(13(3)4)16(27)11-24-5-7-25(8-6-24)17-15(19)9-14(10-23-17)18(20,21)22/h9-10,12-13H,5-8,11H2,1-4H3. The minimum atomic E-state index is -4.47. The van der Waals surface area contributed by atoms with Gasteiger partial charge in [-0.25, -0.2) is 4.98 Å². The Bertz CT molecular complexity index is 650. The van der Waals surface area contributed by atoms with Gasteiger partial charge in [0.2, 0.25) is 5.91 Å². The van der Waals surface area contributed by atoms with Crippen LogP contribution in [0.3, 0.4) is 0 Å². The highest BCUT2D eigenvalue weighted by molar-refractivity contribution is 6.33. The molecule has 27 heavy (non-hydrogen) atoms. The van der Waals surface area contributed by atoms with Crippen LogP contribution in [0.25, 0.3) is 0 Å². The molecule has 0 saturated carbocycles. The van der Waals surface area contributed by atoms with Gasteiger partial charge in [0.15, 0.2) is 0 Å². The molecule has 0 N–H and O–H groups in total. The van der Waals surface area contributed by atoms with Gasteiger partial charge < -0.3 is 9.80 Å². The van der Waals surface area contributed by atoms with Crippen molar-refractivity contribution < 1.29 is 18.0 Å². The van der Waals surface area contributed by atoms with E-state index in [0.717, 1.165) is 12.3 Å². The van der Waals surface area contributed by atoms with Gasteiger partial charge in [-0.3, -0.25) is 9.69 Å². The number of anilines is 1. The van der Waals surface area contributed by atoms with Gasteiger partial charge in [-0.05, 0) is 33.8 Å². The minimum absolute atomic E-state index is 0.0138. The van der Waals surface area contributed by atoms with Gasteiger partial charge in [-0.15, -0.1) is 0 Å². The molecular formula is C18H26ClF3N4O. The maximum Gasteiger partial charge on any atom is 0.417 e. The summed E-state index contributed by atoms with van der Waals surface area (Å²) in [4.78, 5) is 22.2. The van der Waals surface area contributed by atoms with Crippen molar-refractivity contribution in [1.29, 1.82) is 0 Å². The van der Waals surface area contributed by atoms with Gasteiger partial charge in [0.1, 0.15) is 5.82 Å². The van der Waals surface area contributed by atoms with Crippen LogP contribution in [0.2, 0.25) is 5.02 Å². The molecule has 0 atom stereocenters. The summed E-state index contributed by atoms with van der Waals surface area (Å²) in [7, 11) is 0. The summed E-state index contributed by atoms with van der Waals surface area (Å²) in [6.45, 7) is 10.6. The van der Waals surface area contributed by atoms with E-state index in [1.807, 2.05) is 37.5 Å². The van der Waals surface area contributed by atoms with E-state index >= 15 is 0 Å². The average molecular weight is 407 g/mol. The van der Waals surface area contributed by atoms with E-state index < -0.39 is 11.7 Å². The van der Waals surface area contributed by atoms with Crippen molar-refractivity contribution >= 4 is 23.3 Å². The van der Waals surface area contributed by atoms with Crippen LogP contribution < -0.4 is 4.90 Å². The average Bonchev–Trinajstić information content (AvgIpc) is 2.54. The van der Waals surface area contributed by atoms with E-state index in [1.165, 1.54) is 0 Å². The Morgan fingerprint density at radius 2 is 1.74 bits per heavy atom. The molecular weight excluding hydrogens is 381 g/mol. The molecule has 1 amide bonds. The number of carbonyl (C=O) groups is 1. The fraction of sp³-hybridized carbons (Fsp3) is 0.667. The van der Waals surface area contributed by atoms with Crippen molar-refractivity contribution in [3.05, 3.63) is 22.8 Å². The summed E-state index contributed by atoms with van der Waals surface area (Å²) in [6.07, 6.45) is -3.66. The van der Waals surface area contributed by atoms with E-state index in [4.69, 9.17) is 11.6 Å². The molecule has 0 unspecified atom stereocenters. The first-order valence-electron chi connectivity index (χ1n) is 9.02. The first kappa shape index (κ1) is 21.8. The Hall–Kier alpha value is -1.54. The second-order valence-electron chi connectivity index (χ2n) is 7.28. The SMILES string of the molecule is CC(C)N(C(=O)CN1CCN(c2ncc(C(F)(F)F)cc2Cl)CC1)C(C)C. The zero-order chi connectivity index (χ0) is 20.4. The van der Waals surface area contributed by atoms with Gasteiger partial charge in [-0.1, -0.05) is 11.6 Å². The molecule has 1 aromatic heterocycles. The summed E-state index contributed by atoms with van der Waals surface area (Å²) in [5.74, 6) is 0.431. The number of hydrogen-bond donors (Lipinski definition) is 0. The molecule has 0 spiro atoms. The molecule has 2 heterocycles. The van der Waals surface area contributed by atoms with E-state index in [-0.39, 0.29) is 23.0 Å². The van der Waals surface area contributed by atoms with E-state index in [1.54, 1.807) is 0 Å². The summed E-state index contributed by atoms with van der Waals surface area (Å²) in [6, 6.07) is 1.17. The summed E-state index contributed by atoms with van der Waals surface area (Å²) in [5, 5.41) is -0.0138. The van der Waals surface area contributed by atoms with Gasteiger partial charge in [0.25, 0.3) is 0 Å². The normalized spacial score (nSPS) is 16.3. The van der Waals surface area contributed by atoms with E-state index in [9.17, 15) is 18.0 Å². The molecule has 5 nitrogen and oxygen atoms in total. The monoisotopic (exact) mass is 406 g/mol. The van der Waals surface area contributed by atoms with Crippen molar-refractivity contribution in [2.24, 2.45) is 0 Å². The first-order valence-corrected chi connectivity index (χ1v) is 9.39. The highest BCUT2D eigenvalue weighted by Gasteiger charge is 2.32. The smallest absolute Gasteiger partial charge is 0.353 e. The van der Waals surface area contributed by atoms with Crippen molar-refractivity contribution in [2.75, 3.05) is 37.6 Å². The summed E-state index contributed by atoms with van der Waals surface area (Å²) in [5.41, 5.74) is -0.858. The second-order valence-corrected chi connectivity index (χ2v) is 7.69. The number of nitrogens with zero attached hydrogens (tertiary/aromatic N) is 4. The Morgan fingerprint density at radius 3 is 2.19 bits per heavy atom. The molecule has 0 aromatic carbocycles. The van der Waals surface area contributed by atoms with Gasteiger partial charge in [0.05, 0.1) is 17.1 Å². The number of hydrogen-bond acceptors (Lipinski definition) is 4. The van der Waals surface area contributed by atoms with Gasteiger partial charge in [0, 0.05) is 44.5 Å². The molecule has 0 aliphatic carbocycles. The Morgan fingerprint density at radius 1 is 1.19 bits per heavy atom. The molecule has 1 aromatic rings. The van der Waals surface area contributed by atoms with Crippen LogP contribution in [0.1, 0.15) is 33.3 Å². The van der Waals surface area contributed by atoms with E-state index in [0.29, 0.717) is 38.5 Å². The first-order chi connectivity index (χ1) is 12.5. The number of rotatable bonds is 5. The van der Waals surface area contributed by atoms with Crippen LogP contribution in [0.4, 0.5) is 19.0 Å². The third-order valence-electron chi connectivity index (χ3n) is 4.58. The van der Waals surface area contributed by atoms with Gasteiger partial charge >= 0.3 is 6.18 Å². The number of halogens is 4. The van der Waals surface area contributed by atoms with Crippen LogP contribution in [0, 0.1) is 0 Å². The Kier molecular flexibility index (Phi) is 6.97. The largest absolute Gasteiger partial charge is 0.417 e.